The van der Waals surface area contributed by atoms with Crippen LogP contribution in [0.4, 0.5) is 0 Å². The normalized spacial score (nSPS) is 24.1. The van der Waals surface area contributed by atoms with E-state index in [1.54, 1.807) is 0 Å². The minimum absolute atomic E-state index is 1.03. The lowest BCUT2D eigenvalue weighted by molar-refractivity contribution is 0.376. The average Bonchev–Trinajstić information content (AvgIpc) is 2.07. The first-order valence-electron chi connectivity index (χ1n) is 6.94. The van der Waals surface area contributed by atoms with Gasteiger partial charge in [-0.1, -0.05) is 0 Å². The van der Waals surface area contributed by atoms with Crippen molar-refractivity contribution in [2.75, 3.05) is 0 Å². The third kappa shape index (κ3) is 7.06. The highest BCUT2D eigenvalue weighted by Gasteiger charge is 2.21. The highest BCUT2D eigenvalue weighted by Crippen LogP contribution is 2.23. The van der Waals surface area contributed by atoms with Crippen molar-refractivity contribution in [2.24, 2.45) is 0 Å². The molecule has 0 fully saturated rings. The Hall–Kier alpha value is -0.486. The predicted octanol–water partition coefficient (Wildman–Crippen LogP) is 5.03. The molecule has 0 unspecified atom stereocenters. The molecule has 0 aromatic carbocycles. The van der Waals surface area contributed by atoms with E-state index in [0.717, 1.165) is 24.4 Å². The second-order valence-corrected chi connectivity index (χ2v) is 15.7. The van der Waals surface area contributed by atoms with Gasteiger partial charge < -0.3 is 8.85 Å². The molecule has 0 N–H and O–H groups in total. The van der Waals surface area contributed by atoms with Crippen molar-refractivity contribution in [3.8, 4) is 0 Å². The molecular formula is C14H28O2Si2. The van der Waals surface area contributed by atoms with E-state index in [0.29, 0.717) is 0 Å². The van der Waals surface area contributed by atoms with Gasteiger partial charge in [0.15, 0.2) is 0 Å². The fraction of sp³-hybridized carbons (Fsp3) is 0.714. The highest BCUT2D eigenvalue weighted by atomic mass is 28.4. The third-order valence-corrected chi connectivity index (χ3v) is 4.11. The molecule has 1 rings (SSSR count). The Morgan fingerprint density at radius 2 is 1.50 bits per heavy atom. The fourth-order valence-electron chi connectivity index (χ4n) is 1.88. The summed E-state index contributed by atoms with van der Waals surface area (Å²) in [6.45, 7) is 13.4. The van der Waals surface area contributed by atoms with Crippen molar-refractivity contribution >= 4 is 16.6 Å². The summed E-state index contributed by atoms with van der Waals surface area (Å²) in [5.74, 6) is 2.15. The van der Waals surface area contributed by atoms with Crippen LogP contribution in [-0.4, -0.2) is 16.6 Å². The molecule has 1 aliphatic rings. The summed E-state index contributed by atoms with van der Waals surface area (Å²) in [5.41, 5.74) is 0. The maximum atomic E-state index is 6.15. The Balaban J connectivity index is 2.82. The van der Waals surface area contributed by atoms with Crippen LogP contribution in [-0.2, 0) is 8.85 Å². The predicted molar refractivity (Wildman–Crippen MR) is 83.5 cm³/mol. The zero-order valence-electron chi connectivity index (χ0n) is 12.8. The van der Waals surface area contributed by atoms with Gasteiger partial charge in [0.05, 0.1) is 5.76 Å². The summed E-state index contributed by atoms with van der Waals surface area (Å²) in [6, 6.07) is 0. The second-order valence-electron chi connectivity index (χ2n) is 6.89. The van der Waals surface area contributed by atoms with Crippen LogP contribution >= 0.6 is 0 Å². The molecule has 0 aromatic rings. The molecule has 0 aromatic heterocycles. The van der Waals surface area contributed by atoms with Gasteiger partial charge in [-0.3, -0.25) is 0 Å². The molecule has 0 radical (unpaired) electrons. The maximum absolute atomic E-state index is 6.15. The first-order chi connectivity index (χ1) is 8.16. The summed E-state index contributed by atoms with van der Waals surface area (Å²) in [5, 5.41) is 0. The van der Waals surface area contributed by atoms with Crippen LogP contribution in [0.5, 0.6) is 0 Å². The standard InChI is InChI=1S/C14H28O2Si2/c1-17(2,3)15-13-10-8-7-9-11-14(12-13)16-18(4,5)6/h10,12H,7-9,11H2,1-6H3/b13-10+,14-12+. The molecule has 0 saturated carbocycles. The quantitative estimate of drug-likeness (QED) is 0.674. The van der Waals surface area contributed by atoms with E-state index in [4.69, 9.17) is 8.85 Å². The van der Waals surface area contributed by atoms with Gasteiger partial charge in [0.2, 0.25) is 16.6 Å². The Morgan fingerprint density at radius 1 is 0.889 bits per heavy atom. The topological polar surface area (TPSA) is 18.5 Å². The largest absolute Gasteiger partial charge is 0.547 e. The molecule has 0 amide bonds. The highest BCUT2D eigenvalue weighted by molar-refractivity contribution is 6.70. The van der Waals surface area contributed by atoms with Crippen molar-refractivity contribution in [3.05, 3.63) is 23.7 Å². The molecule has 0 atom stereocenters. The molecule has 4 heteroatoms. The monoisotopic (exact) mass is 284 g/mol. The van der Waals surface area contributed by atoms with Crippen LogP contribution in [0.1, 0.15) is 25.7 Å². The average molecular weight is 285 g/mol. The number of rotatable bonds is 4. The first kappa shape index (κ1) is 15.6. The van der Waals surface area contributed by atoms with Gasteiger partial charge in [-0.25, -0.2) is 0 Å². The Morgan fingerprint density at radius 3 is 2.06 bits per heavy atom. The van der Waals surface area contributed by atoms with Gasteiger partial charge in [-0.2, -0.15) is 0 Å². The summed E-state index contributed by atoms with van der Waals surface area (Å²) in [6.07, 6.45) is 8.98. The van der Waals surface area contributed by atoms with Gasteiger partial charge in [-0.15, -0.1) is 0 Å². The zero-order chi connectivity index (χ0) is 13.8. The van der Waals surface area contributed by atoms with Crippen LogP contribution in [0.3, 0.4) is 0 Å². The Kier molecular flexibility index (Phi) is 5.28. The SMILES string of the molecule is C[Si](C)(C)OC1=C/CCCC/C(O[Si](C)(C)C)=C\1. The molecule has 0 spiro atoms. The number of hydrogen-bond donors (Lipinski definition) is 0. The van der Waals surface area contributed by atoms with Crippen LogP contribution in [0.25, 0.3) is 0 Å². The van der Waals surface area contributed by atoms with Crippen LogP contribution in [0.2, 0.25) is 39.3 Å². The molecular weight excluding hydrogens is 256 g/mol. The molecule has 0 aliphatic heterocycles. The van der Waals surface area contributed by atoms with E-state index < -0.39 is 16.6 Å². The first-order valence-corrected chi connectivity index (χ1v) is 13.8. The smallest absolute Gasteiger partial charge is 0.242 e. The van der Waals surface area contributed by atoms with Crippen molar-refractivity contribution in [1.82, 2.24) is 0 Å². The summed E-state index contributed by atoms with van der Waals surface area (Å²) < 4.78 is 12.3. The lowest BCUT2D eigenvalue weighted by Crippen LogP contribution is -2.26. The molecule has 104 valence electrons. The van der Waals surface area contributed by atoms with E-state index in [2.05, 4.69) is 51.4 Å². The molecule has 2 nitrogen and oxygen atoms in total. The van der Waals surface area contributed by atoms with Gasteiger partial charge in [0.1, 0.15) is 5.76 Å². The van der Waals surface area contributed by atoms with E-state index in [9.17, 15) is 0 Å². The fourth-order valence-corrected chi connectivity index (χ4v) is 3.67. The molecule has 0 bridgehead atoms. The van der Waals surface area contributed by atoms with Gasteiger partial charge in [0, 0.05) is 12.5 Å². The van der Waals surface area contributed by atoms with Crippen molar-refractivity contribution in [1.29, 1.82) is 0 Å². The van der Waals surface area contributed by atoms with Gasteiger partial charge in [-0.05, 0) is 64.6 Å². The van der Waals surface area contributed by atoms with Gasteiger partial charge >= 0.3 is 0 Å². The van der Waals surface area contributed by atoms with Crippen molar-refractivity contribution in [3.63, 3.8) is 0 Å². The lowest BCUT2D eigenvalue weighted by atomic mass is 10.1. The van der Waals surface area contributed by atoms with Crippen LogP contribution < -0.4 is 0 Å². The van der Waals surface area contributed by atoms with E-state index in [-0.39, 0.29) is 0 Å². The second kappa shape index (κ2) is 6.11. The maximum Gasteiger partial charge on any atom is 0.242 e. The Bertz CT molecular complexity index is 333. The van der Waals surface area contributed by atoms with Crippen molar-refractivity contribution < 1.29 is 8.85 Å². The lowest BCUT2D eigenvalue weighted by Gasteiger charge is -2.25. The Labute approximate surface area is 114 Å². The number of allylic oxidation sites excluding steroid dienone is 3. The summed E-state index contributed by atoms with van der Waals surface area (Å²) >= 11 is 0. The minimum atomic E-state index is -1.53. The van der Waals surface area contributed by atoms with Crippen molar-refractivity contribution in [2.45, 2.75) is 65.0 Å². The summed E-state index contributed by atoms with van der Waals surface area (Å²) in [7, 11) is -3.04. The third-order valence-electron chi connectivity index (χ3n) is 2.39. The van der Waals surface area contributed by atoms with Crippen LogP contribution in [0, 0.1) is 0 Å². The molecule has 0 saturated heterocycles. The van der Waals surface area contributed by atoms with E-state index >= 15 is 0 Å². The minimum Gasteiger partial charge on any atom is -0.547 e. The zero-order valence-corrected chi connectivity index (χ0v) is 14.8. The van der Waals surface area contributed by atoms with E-state index in [1.165, 1.54) is 12.8 Å². The number of hydrogen-bond acceptors (Lipinski definition) is 2. The molecule has 18 heavy (non-hydrogen) atoms. The molecule has 1 aliphatic carbocycles. The van der Waals surface area contributed by atoms with Gasteiger partial charge in [0.25, 0.3) is 0 Å². The molecule has 0 heterocycles. The van der Waals surface area contributed by atoms with E-state index in [1.807, 2.05) is 0 Å². The summed E-state index contributed by atoms with van der Waals surface area (Å²) in [4.78, 5) is 0. The van der Waals surface area contributed by atoms with Crippen LogP contribution in [0.15, 0.2) is 23.7 Å².